The van der Waals surface area contributed by atoms with Gasteiger partial charge < -0.3 is 25.8 Å². The fourth-order valence-electron chi connectivity index (χ4n) is 3.67. The van der Waals surface area contributed by atoms with Crippen LogP contribution in [0.25, 0.3) is 22.6 Å². The number of pyridine rings is 1. The smallest absolute Gasteiger partial charge is 0.257 e. The number of rotatable bonds is 4. The Bertz CT molecular complexity index is 1100. The number of carbonyl (C=O) groups excluding carboxylic acids is 2. The second-order valence-corrected chi connectivity index (χ2v) is 7.14. The van der Waals surface area contributed by atoms with Crippen molar-refractivity contribution in [3.8, 4) is 11.5 Å². The standard InChI is InChI=1S/C18H23N9O3/c1-3-27-14-11(18(29)26-6-4-25(5-7-26)17(28)10(2)19)8-21-9-12(14)22-16(27)13-15(20)24-30-23-13/h8-10H,3-7,19H2,1-2H3,(H2,20,24)/t10-/m0/s1. The number of nitrogen functional groups attached to an aromatic ring is 1. The van der Waals surface area contributed by atoms with E-state index in [1.54, 1.807) is 22.9 Å². The quantitative estimate of drug-likeness (QED) is 0.585. The van der Waals surface area contributed by atoms with Gasteiger partial charge in [-0.15, -0.1) is 0 Å². The number of nitrogens with zero attached hydrogens (tertiary/aromatic N) is 7. The van der Waals surface area contributed by atoms with Gasteiger partial charge in [-0.25, -0.2) is 9.61 Å². The fourth-order valence-corrected chi connectivity index (χ4v) is 3.67. The molecule has 3 aromatic rings. The van der Waals surface area contributed by atoms with E-state index in [0.717, 1.165) is 0 Å². The number of carbonyl (C=O) groups is 2. The second-order valence-electron chi connectivity index (χ2n) is 7.14. The maximum atomic E-state index is 13.3. The van der Waals surface area contributed by atoms with Crippen LogP contribution in [0.2, 0.25) is 0 Å². The van der Waals surface area contributed by atoms with Gasteiger partial charge in [0.1, 0.15) is 5.52 Å². The van der Waals surface area contributed by atoms with Crippen LogP contribution in [-0.2, 0) is 11.3 Å². The molecule has 3 aromatic heterocycles. The summed E-state index contributed by atoms with van der Waals surface area (Å²) in [5.74, 6) is 0.295. The molecular weight excluding hydrogens is 390 g/mol. The van der Waals surface area contributed by atoms with E-state index in [1.807, 2.05) is 11.5 Å². The van der Waals surface area contributed by atoms with Crippen LogP contribution in [-0.4, -0.2) is 78.7 Å². The van der Waals surface area contributed by atoms with Crippen molar-refractivity contribution in [1.82, 2.24) is 34.6 Å². The van der Waals surface area contributed by atoms with Crippen molar-refractivity contribution in [3.05, 3.63) is 18.0 Å². The molecule has 12 heteroatoms. The summed E-state index contributed by atoms with van der Waals surface area (Å²) >= 11 is 0. The number of piperazine rings is 1. The average Bonchev–Trinajstić information content (AvgIpc) is 3.35. The van der Waals surface area contributed by atoms with E-state index in [1.165, 1.54) is 6.20 Å². The van der Waals surface area contributed by atoms with E-state index in [0.29, 0.717) is 60.8 Å². The number of imidazole rings is 1. The largest absolute Gasteiger partial charge is 0.379 e. The van der Waals surface area contributed by atoms with Gasteiger partial charge in [-0.3, -0.25) is 14.6 Å². The SMILES string of the molecule is CCn1c(-c2nonc2N)nc2cncc(C(=O)N3CCN(C(=O)[C@H](C)N)CC3)c21. The van der Waals surface area contributed by atoms with Crippen LogP contribution in [0, 0.1) is 0 Å². The summed E-state index contributed by atoms with van der Waals surface area (Å²) in [5.41, 5.74) is 13.5. The van der Waals surface area contributed by atoms with Crippen LogP contribution in [0.5, 0.6) is 0 Å². The molecule has 1 aliphatic rings. The lowest BCUT2D eigenvalue weighted by atomic mass is 10.2. The maximum Gasteiger partial charge on any atom is 0.257 e. The van der Waals surface area contributed by atoms with Crippen LogP contribution in [0.1, 0.15) is 24.2 Å². The minimum atomic E-state index is -0.555. The van der Waals surface area contributed by atoms with E-state index < -0.39 is 6.04 Å². The van der Waals surface area contributed by atoms with Gasteiger partial charge in [0.15, 0.2) is 17.3 Å². The number of fused-ring (bicyclic) bond motifs is 1. The highest BCUT2D eigenvalue weighted by Crippen LogP contribution is 2.28. The fraction of sp³-hybridized carbons (Fsp3) is 0.444. The summed E-state index contributed by atoms with van der Waals surface area (Å²) in [6.07, 6.45) is 3.12. The van der Waals surface area contributed by atoms with E-state index >= 15 is 0 Å². The normalized spacial score (nSPS) is 15.6. The van der Waals surface area contributed by atoms with Crippen LogP contribution in [0.15, 0.2) is 17.0 Å². The minimum absolute atomic E-state index is 0.113. The van der Waals surface area contributed by atoms with Crippen molar-refractivity contribution in [2.45, 2.75) is 26.4 Å². The molecule has 4 N–H and O–H groups in total. The summed E-state index contributed by atoms with van der Waals surface area (Å²) in [4.78, 5) is 37.5. The summed E-state index contributed by atoms with van der Waals surface area (Å²) in [7, 11) is 0. The molecular formula is C18H23N9O3. The van der Waals surface area contributed by atoms with E-state index in [2.05, 4.69) is 20.3 Å². The molecule has 1 saturated heterocycles. The molecule has 0 radical (unpaired) electrons. The van der Waals surface area contributed by atoms with Gasteiger partial charge in [-0.2, -0.15) is 0 Å². The molecule has 0 saturated carbocycles. The highest BCUT2D eigenvalue weighted by Gasteiger charge is 2.29. The molecule has 1 aliphatic heterocycles. The lowest BCUT2D eigenvalue weighted by Crippen LogP contribution is -2.53. The van der Waals surface area contributed by atoms with Crippen molar-refractivity contribution in [3.63, 3.8) is 0 Å². The van der Waals surface area contributed by atoms with Gasteiger partial charge in [0, 0.05) is 38.9 Å². The predicted molar refractivity (Wildman–Crippen MR) is 107 cm³/mol. The highest BCUT2D eigenvalue weighted by molar-refractivity contribution is 6.05. The molecule has 158 valence electrons. The maximum absolute atomic E-state index is 13.3. The molecule has 4 heterocycles. The molecule has 2 amide bonds. The van der Waals surface area contributed by atoms with E-state index in [-0.39, 0.29) is 17.6 Å². The first-order valence-electron chi connectivity index (χ1n) is 9.68. The number of anilines is 1. The Hall–Kier alpha value is -3.54. The molecule has 0 aliphatic carbocycles. The summed E-state index contributed by atoms with van der Waals surface area (Å²) in [6.45, 7) is 5.83. The minimum Gasteiger partial charge on any atom is -0.379 e. The van der Waals surface area contributed by atoms with Crippen LogP contribution < -0.4 is 11.5 Å². The number of aryl methyl sites for hydroxylation is 1. The van der Waals surface area contributed by atoms with Gasteiger partial charge in [-0.1, -0.05) is 0 Å². The van der Waals surface area contributed by atoms with Gasteiger partial charge in [0.05, 0.1) is 23.3 Å². The first-order valence-corrected chi connectivity index (χ1v) is 9.68. The van der Waals surface area contributed by atoms with E-state index in [4.69, 9.17) is 16.1 Å². The second kappa shape index (κ2) is 7.71. The Morgan fingerprint density at radius 1 is 1.17 bits per heavy atom. The lowest BCUT2D eigenvalue weighted by molar-refractivity contribution is -0.133. The Morgan fingerprint density at radius 2 is 1.87 bits per heavy atom. The molecule has 12 nitrogen and oxygen atoms in total. The third-order valence-corrected chi connectivity index (χ3v) is 5.19. The zero-order valence-electron chi connectivity index (χ0n) is 16.8. The molecule has 0 aromatic carbocycles. The first kappa shape index (κ1) is 19.8. The van der Waals surface area contributed by atoms with Crippen molar-refractivity contribution in [2.75, 3.05) is 31.9 Å². The van der Waals surface area contributed by atoms with Crippen molar-refractivity contribution >= 4 is 28.7 Å². The van der Waals surface area contributed by atoms with Gasteiger partial charge in [0.2, 0.25) is 5.91 Å². The van der Waals surface area contributed by atoms with E-state index in [9.17, 15) is 9.59 Å². The molecule has 0 bridgehead atoms. The molecule has 0 unspecified atom stereocenters. The van der Waals surface area contributed by atoms with Crippen LogP contribution in [0.4, 0.5) is 5.82 Å². The summed E-state index contributed by atoms with van der Waals surface area (Å²) in [5, 5.41) is 7.45. The number of hydrogen-bond acceptors (Lipinski definition) is 9. The van der Waals surface area contributed by atoms with Crippen molar-refractivity contribution < 1.29 is 14.2 Å². The van der Waals surface area contributed by atoms with Gasteiger partial charge >= 0.3 is 0 Å². The number of hydrogen-bond donors (Lipinski definition) is 2. The zero-order valence-corrected chi connectivity index (χ0v) is 16.8. The Labute approximate surface area is 171 Å². The molecule has 4 rings (SSSR count). The molecule has 1 fully saturated rings. The summed E-state index contributed by atoms with van der Waals surface area (Å²) < 4.78 is 6.55. The Morgan fingerprint density at radius 3 is 2.47 bits per heavy atom. The van der Waals surface area contributed by atoms with Gasteiger partial charge in [0.25, 0.3) is 5.91 Å². The molecule has 1 atom stereocenters. The monoisotopic (exact) mass is 413 g/mol. The number of nitrogens with two attached hydrogens (primary N) is 2. The van der Waals surface area contributed by atoms with Crippen molar-refractivity contribution in [2.24, 2.45) is 5.73 Å². The summed E-state index contributed by atoms with van der Waals surface area (Å²) in [6, 6.07) is -0.555. The topological polar surface area (TPSA) is 162 Å². The van der Waals surface area contributed by atoms with Crippen LogP contribution >= 0.6 is 0 Å². The predicted octanol–water partition coefficient (Wildman–Crippen LogP) is -0.285. The first-order chi connectivity index (χ1) is 14.4. The number of amides is 2. The zero-order chi connectivity index (χ0) is 21.4. The Balaban J connectivity index is 1.67. The third-order valence-electron chi connectivity index (χ3n) is 5.19. The highest BCUT2D eigenvalue weighted by atomic mass is 16.6. The lowest BCUT2D eigenvalue weighted by Gasteiger charge is -2.35. The third kappa shape index (κ3) is 3.24. The van der Waals surface area contributed by atoms with Crippen LogP contribution in [0.3, 0.4) is 0 Å². The molecule has 0 spiro atoms. The Kier molecular flexibility index (Phi) is 5.08. The average molecular weight is 413 g/mol. The number of aromatic nitrogens is 5. The van der Waals surface area contributed by atoms with Crippen molar-refractivity contribution in [1.29, 1.82) is 0 Å². The van der Waals surface area contributed by atoms with Gasteiger partial charge in [-0.05, 0) is 24.2 Å². The molecule has 30 heavy (non-hydrogen) atoms.